The van der Waals surface area contributed by atoms with Crippen LogP contribution in [0.1, 0.15) is 81.3 Å². The Morgan fingerprint density at radius 2 is 1.45 bits per heavy atom. The van der Waals surface area contributed by atoms with Gasteiger partial charge < -0.3 is 35.1 Å². The topological polar surface area (TPSA) is 200 Å². The minimum atomic E-state index is -2.74. The molecular formula is C43H46Cl2N4O9. The van der Waals surface area contributed by atoms with Gasteiger partial charge in [-0.1, -0.05) is 71.7 Å². The Labute approximate surface area is 346 Å². The minimum Gasteiger partial charge on any atom is -0.481 e. The zero-order valence-corrected chi connectivity index (χ0v) is 33.9. The van der Waals surface area contributed by atoms with Crippen LogP contribution in [-0.4, -0.2) is 118 Å². The first kappa shape index (κ1) is 45.2. The average molecular weight is 834 g/mol. The highest BCUT2D eigenvalue weighted by Crippen LogP contribution is 2.33. The second kappa shape index (κ2) is 20.3. The molecule has 0 radical (unpaired) electrons. The summed E-state index contributed by atoms with van der Waals surface area (Å²) in [5, 5.41) is 46.1. The number of aliphatic carboxylic acids is 3. The second-order valence-electron chi connectivity index (χ2n) is 14.6. The number of aliphatic hydroxyl groups is 1. The molecule has 1 unspecified atom stereocenters. The van der Waals surface area contributed by atoms with Crippen molar-refractivity contribution >= 4 is 63.7 Å². The van der Waals surface area contributed by atoms with Crippen molar-refractivity contribution in [2.24, 2.45) is 0 Å². The molecular weight excluding hydrogens is 787 g/mol. The number of halogens is 2. The van der Waals surface area contributed by atoms with Gasteiger partial charge >= 0.3 is 17.9 Å². The number of hydrogen-bond acceptors (Lipinski definition) is 8. The Bertz CT molecular complexity index is 2180. The average Bonchev–Trinajstić information content (AvgIpc) is 3.19. The van der Waals surface area contributed by atoms with Crippen LogP contribution >= 0.6 is 23.2 Å². The van der Waals surface area contributed by atoms with Crippen LogP contribution in [0.25, 0.3) is 10.8 Å². The molecule has 4 aromatic carbocycles. The fourth-order valence-electron chi connectivity index (χ4n) is 7.11. The summed E-state index contributed by atoms with van der Waals surface area (Å²) in [6, 6.07) is 27.1. The molecule has 13 nitrogen and oxygen atoms in total. The van der Waals surface area contributed by atoms with E-state index in [9.17, 15) is 29.2 Å². The number of carboxylic acids is 3. The molecule has 1 atom stereocenters. The van der Waals surface area contributed by atoms with Crippen LogP contribution in [0.2, 0.25) is 10.0 Å². The lowest BCUT2D eigenvalue weighted by atomic mass is 9.86. The Hall–Kier alpha value is -5.52. The first-order valence-corrected chi connectivity index (χ1v) is 19.2. The summed E-state index contributed by atoms with van der Waals surface area (Å²) in [7, 11) is 5.41. The summed E-state index contributed by atoms with van der Waals surface area (Å²) in [6.07, 6.45) is 0.504. The Morgan fingerprint density at radius 1 is 0.828 bits per heavy atom. The third kappa shape index (κ3) is 11.8. The molecule has 0 aliphatic carbocycles. The van der Waals surface area contributed by atoms with Gasteiger partial charge in [-0.15, -0.1) is 0 Å². The largest absolute Gasteiger partial charge is 0.481 e. The molecule has 4 aromatic rings. The van der Waals surface area contributed by atoms with Crippen LogP contribution in [0.4, 0.5) is 0 Å². The van der Waals surface area contributed by atoms with Gasteiger partial charge in [0.15, 0.2) is 5.60 Å². The molecule has 1 fully saturated rings. The number of fused-ring (bicyclic) bond motifs is 1. The fourth-order valence-corrected chi connectivity index (χ4v) is 7.42. The SMILES string of the molecule is CN(C)C(=O)c1ccccc1C1CCN(CCC(CN(C)C(=O)c2cc(C#N)cc3ccccc23)c2ccc(Cl)c(Cl)c2)CC1.O=C(O)CC(O)(CC(=O)O)C(=O)O. The number of carbonyl (C=O) groups is 5. The van der Waals surface area contributed by atoms with Crippen LogP contribution in [0.3, 0.4) is 0 Å². The standard InChI is InChI=1S/C37H38Cl2N4O2.C6H8O7/c1-41(2)36(44)32-11-7-6-9-30(32)26-14-17-43(18-15-26)19-16-29(27-12-13-34(38)35(39)22-27)24-42(3)37(45)33-21-25(23-40)20-28-8-4-5-10-31(28)33;7-3(8)1-6(13,5(11)12)2-4(9)10/h4-13,20-22,26,29H,14-19,24H2,1-3H3;13H,1-2H2,(H,7,8)(H,9,10)(H,11,12). The van der Waals surface area contributed by atoms with Gasteiger partial charge in [0.05, 0.1) is 34.5 Å². The van der Waals surface area contributed by atoms with Gasteiger partial charge in [-0.2, -0.15) is 5.26 Å². The molecule has 0 spiro atoms. The molecule has 5 rings (SSSR count). The van der Waals surface area contributed by atoms with Gasteiger partial charge in [0, 0.05) is 44.7 Å². The highest BCUT2D eigenvalue weighted by molar-refractivity contribution is 6.42. The van der Waals surface area contributed by atoms with Crippen molar-refractivity contribution in [2.45, 2.75) is 49.5 Å². The number of benzene rings is 4. The monoisotopic (exact) mass is 832 g/mol. The number of nitriles is 1. The minimum absolute atomic E-state index is 0.0234. The van der Waals surface area contributed by atoms with Gasteiger partial charge in [-0.05, 0) is 97.0 Å². The summed E-state index contributed by atoms with van der Waals surface area (Å²) in [5.41, 5.74) is 1.21. The number of likely N-dealkylation sites (tertiary alicyclic amines) is 1. The Morgan fingerprint density at radius 3 is 2.03 bits per heavy atom. The number of piperidine rings is 1. The first-order valence-electron chi connectivity index (χ1n) is 18.5. The number of carbonyl (C=O) groups excluding carboxylic acids is 2. The molecule has 0 saturated carbocycles. The van der Waals surface area contributed by atoms with E-state index in [0.717, 1.165) is 66.4 Å². The van der Waals surface area contributed by atoms with Crippen molar-refractivity contribution in [1.82, 2.24) is 14.7 Å². The molecule has 1 saturated heterocycles. The number of rotatable bonds is 14. The van der Waals surface area contributed by atoms with E-state index < -0.39 is 36.4 Å². The van der Waals surface area contributed by atoms with Crippen LogP contribution in [0, 0.1) is 11.3 Å². The molecule has 58 heavy (non-hydrogen) atoms. The summed E-state index contributed by atoms with van der Waals surface area (Å²) in [5.74, 6) is -4.73. The van der Waals surface area contributed by atoms with E-state index in [2.05, 4.69) is 17.0 Å². The van der Waals surface area contributed by atoms with Crippen LogP contribution in [0.15, 0.2) is 78.9 Å². The lowest BCUT2D eigenvalue weighted by Gasteiger charge is -2.34. The molecule has 1 aliphatic rings. The fraction of sp³-hybridized carbons (Fsp3) is 0.349. The quantitative estimate of drug-likeness (QED) is 0.107. The van der Waals surface area contributed by atoms with Crippen LogP contribution in [-0.2, 0) is 14.4 Å². The van der Waals surface area contributed by atoms with Crippen molar-refractivity contribution in [3.8, 4) is 6.07 Å². The molecule has 306 valence electrons. The normalized spacial score (nSPS) is 13.7. The van der Waals surface area contributed by atoms with E-state index in [4.69, 9.17) is 43.6 Å². The zero-order valence-electron chi connectivity index (χ0n) is 32.4. The van der Waals surface area contributed by atoms with Crippen LogP contribution < -0.4 is 0 Å². The van der Waals surface area contributed by atoms with Crippen molar-refractivity contribution in [3.63, 3.8) is 0 Å². The van der Waals surface area contributed by atoms with Crippen molar-refractivity contribution in [3.05, 3.63) is 117 Å². The molecule has 0 bridgehead atoms. The predicted molar refractivity (Wildman–Crippen MR) is 219 cm³/mol. The lowest BCUT2D eigenvalue weighted by Crippen LogP contribution is -2.42. The molecule has 15 heteroatoms. The maximum absolute atomic E-state index is 13.8. The maximum Gasteiger partial charge on any atom is 0.336 e. The van der Waals surface area contributed by atoms with E-state index in [-0.39, 0.29) is 17.7 Å². The van der Waals surface area contributed by atoms with Gasteiger partial charge in [-0.25, -0.2) is 4.79 Å². The van der Waals surface area contributed by atoms with Crippen LogP contribution in [0.5, 0.6) is 0 Å². The summed E-state index contributed by atoms with van der Waals surface area (Å²) >= 11 is 12.7. The van der Waals surface area contributed by atoms with E-state index >= 15 is 0 Å². The Balaban J connectivity index is 0.000000492. The van der Waals surface area contributed by atoms with Gasteiger partial charge in [0.2, 0.25) is 0 Å². The highest BCUT2D eigenvalue weighted by Gasteiger charge is 2.40. The smallest absolute Gasteiger partial charge is 0.336 e. The maximum atomic E-state index is 13.8. The van der Waals surface area contributed by atoms with Gasteiger partial charge in [0.1, 0.15) is 0 Å². The van der Waals surface area contributed by atoms with Crippen molar-refractivity contribution < 1.29 is 44.4 Å². The number of amides is 2. The van der Waals surface area contributed by atoms with Gasteiger partial charge in [0.25, 0.3) is 11.8 Å². The van der Waals surface area contributed by atoms with E-state index in [0.29, 0.717) is 33.6 Å². The third-order valence-electron chi connectivity index (χ3n) is 10.2. The molecule has 2 amide bonds. The van der Waals surface area contributed by atoms with E-state index in [1.54, 1.807) is 30.0 Å². The number of nitrogens with zero attached hydrogens (tertiary/aromatic N) is 4. The summed E-state index contributed by atoms with van der Waals surface area (Å²) < 4.78 is 0. The van der Waals surface area contributed by atoms with E-state index in [1.165, 1.54) is 0 Å². The van der Waals surface area contributed by atoms with Crippen molar-refractivity contribution in [1.29, 1.82) is 5.26 Å². The summed E-state index contributed by atoms with van der Waals surface area (Å²) in [6.45, 7) is 3.22. The number of carboxylic acid groups (broad SMARTS) is 3. The highest BCUT2D eigenvalue weighted by atomic mass is 35.5. The predicted octanol–water partition coefficient (Wildman–Crippen LogP) is 6.60. The van der Waals surface area contributed by atoms with E-state index in [1.807, 2.05) is 73.8 Å². The molecule has 4 N–H and O–H groups in total. The Kier molecular flexibility index (Phi) is 15.8. The second-order valence-corrected chi connectivity index (χ2v) is 15.4. The zero-order chi connectivity index (χ0) is 42.7. The number of likely N-dealkylation sites (N-methyl/N-ethyl adjacent to an activating group) is 1. The third-order valence-corrected chi connectivity index (χ3v) is 10.9. The summed E-state index contributed by atoms with van der Waals surface area (Å²) in [4.78, 5) is 63.0. The first-order chi connectivity index (χ1) is 27.4. The number of hydrogen-bond donors (Lipinski definition) is 4. The molecule has 1 aliphatic heterocycles. The molecule has 0 aromatic heterocycles. The van der Waals surface area contributed by atoms with Gasteiger partial charge in [-0.3, -0.25) is 19.2 Å². The molecule has 1 heterocycles. The lowest BCUT2D eigenvalue weighted by molar-refractivity contribution is -0.170. The van der Waals surface area contributed by atoms with Crippen molar-refractivity contribution in [2.75, 3.05) is 47.3 Å².